The van der Waals surface area contributed by atoms with Crippen LogP contribution in [0.5, 0.6) is 0 Å². The number of nitrogens with two attached hydrogens (primary N) is 2. The van der Waals surface area contributed by atoms with Crippen LogP contribution in [-0.4, -0.2) is 75.9 Å². The number of aldehydes is 1. The molecule has 0 aromatic carbocycles. The molecular weight excluding hydrogens is 515 g/mol. The van der Waals surface area contributed by atoms with E-state index in [9.17, 15) is 38.7 Å². The van der Waals surface area contributed by atoms with Crippen LogP contribution in [0.15, 0.2) is 12.5 Å². The Hall–Kier alpha value is -3.34. The third-order valence-corrected chi connectivity index (χ3v) is 5.10. The van der Waals surface area contributed by atoms with Crippen molar-refractivity contribution in [2.45, 2.75) is 69.1 Å². The number of aromatic amines is 1. The molecule has 17 heteroatoms. The number of hydrogen-bond acceptors (Lipinski definition) is 9. The molecule has 0 aliphatic heterocycles. The molecule has 1 aromatic heterocycles. The van der Waals surface area contributed by atoms with Crippen LogP contribution in [0.2, 0.25) is 0 Å². The van der Waals surface area contributed by atoms with E-state index in [1.165, 1.54) is 12.5 Å². The van der Waals surface area contributed by atoms with Gasteiger partial charge < -0.3 is 47.1 Å². The van der Waals surface area contributed by atoms with Crippen molar-refractivity contribution in [2.24, 2.45) is 11.5 Å². The summed E-state index contributed by atoms with van der Waals surface area (Å²) in [4.78, 5) is 89.2. The molecule has 0 spiro atoms. The number of carbonyl (C=O) groups is 7. The Morgan fingerprint density at radius 2 is 1.63 bits per heavy atom. The third-order valence-electron chi connectivity index (χ3n) is 5.10. The number of nitrogens with one attached hydrogen (secondary N) is 5. The predicted molar refractivity (Wildman–Crippen MR) is 122 cm³/mol. The molecule has 1 aromatic rings. The first kappa shape index (κ1) is 32.7. The molecule has 16 nitrogen and oxygen atoms in total. The molecule has 203 valence electrons. The summed E-state index contributed by atoms with van der Waals surface area (Å²) in [5.41, 5.74) is 18.8. The van der Waals surface area contributed by atoms with Gasteiger partial charge >= 0.3 is 29.6 Å². The number of hydrogen-bond donors (Lipinski definition) is 6. The van der Waals surface area contributed by atoms with Crippen LogP contribution in [0, 0.1) is 0 Å². The molecule has 0 aliphatic rings. The first-order chi connectivity index (χ1) is 17.8. The Labute approximate surface area is 241 Å². The number of aliphatic carboxylic acids is 1. The molecular formula is C21H30N8NaO8. The smallest absolute Gasteiger partial charge is 0.550 e. The number of carbonyl (C=O) groups excluding carboxylic acids is 7. The fourth-order valence-electron chi connectivity index (χ4n) is 3.08. The molecule has 0 aliphatic carbocycles. The van der Waals surface area contributed by atoms with Gasteiger partial charge in [0.1, 0.15) is 31.8 Å². The largest absolute Gasteiger partial charge is 1.00 e. The van der Waals surface area contributed by atoms with Crippen molar-refractivity contribution >= 4 is 41.8 Å². The Morgan fingerprint density at radius 3 is 2.16 bits per heavy atom. The second kappa shape index (κ2) is 18.0. The van der Waals surface area contributed by atoms with E-state index in [1.807, 2.05) is 0 Å². The molecule has 0 saturated heterocycles. The third kappa shape index (κ3) is 13.3. The van der Waals surface area contributed by atoms with E-state index in [4.69, 9.17) is 18.6 Å². The van der Waals surface area contributed by atoms with Crippen LogP contribution in [0.1, 0.15) is 45.6 Å². The van der Waals surface area contributed by atoms with E-state index >= 15 is 0 Å². The van der Waals surface area contributed by atoms with E-state index in [0.29, 0.717) is 5.69 Å². The number of H-pyrrole nitrogens is 1. The second-order valence-electron chi connectivity index (χ2n) is 8.01. The van der Waals surface area contributed by atoms with Crippen LogP contribution in [-0.2, 0) is 40.0 Å². The van der Waals surface area contributed by atoms with Crippen molar-refractivity contribution in [3.63, 3.8) is 0 Å². The second-order valence-corrected chi connectivity index (χ2v) is 8.01. The summed E-state index contributed by atoms with van der Waals surface area (Å²) in [5, 5.41) is 17.5. The van der Waals surface area contributed by atoms with E-state index < -0.39 is 91.6 Å². The zero-order valence-corrected chi connectivity index (χ0v) is 22.8. The number of amides is 5. The van der Waals surface area contributed by atoms with Gasteiger partial charge in [-0.05, 0) is 25.7 Å². The normalized spacial score (nSPS) is 13.9. The first-order valence-corrected chi connectivity index (χ1v) is 11.2. The topological polar surface area (TPSA) is 283 Å². The molecule has 38 heavy (non-hydrogen) atoms. The Bertz CT molecular complexity index is 1030. The maximum atomic E-state index is 12.8. The Balaban J connectivity index is 0.0000144. The molecule has 9 N–H and O–H groups in total. The average Bonchev–Trinajstić information content (AvgIpc) is 3.34. The van der Waals surface area contributed by atoms with Crippen molar-refractivity contribution in [1.29, 1.82) is 0 Å². The van der Waals surface area contributed by atoms with Crippen LogP contribution >= 0.6 is 0 Å². The van der Waals surface area contributed by atoms with Gasteiger partial charge in [-0.25, -0.2) is 10.7 Å². The number of aromatic nitrogens is 2. The van der Waals surface area contributed by atoms with Crippen molar-refractivity contribution in [3.05, 3.63) is 18.2 Å². The van der Waals surface area contributed by atoms with Crippen molar-refractivity contribution in [2.75, 3.05) is 0 Å². The number of carboxylic acid groups (broad SMARTS) is 1. The average molecular weight is 548 g/mol. The zero-order chi connectivity index (χ0) is 28.8. The number of primary amides is 2. The SMILES string of the molecule is [3H]C(=O)CCC(NC(=O)C(CCC(=O)NC(Cc1cnc[nH]1)C(N)=O)NC(=O)C([NH])CCC(=O)[O-])C(N)=O.[Na+]. The molecule has 1 heterocycles. The summed E-state index contributed by atoms with van der Waals surface area (Å²) in [6.07, 6.45) is -0.656. The van der Waals surface area contributed by atoms with Crippen molar-refractivity contribution in [3.8, 4) is 0 Å². The number of carboxylic acids is 1. The predicted octanol–water partition coefficient (Wildman–Crippen LogP) is -7.68. The first-order valence-electron chi connectivity index (χ1n) is 11.7. The van der Waals surface area contributed by atoms with Gasteiger partial charge in [0.2, 0.25) is 29.5 Å². The molecule has 1 radical (unpaired) electrons. The minimum Gasteiger partial charge on any atom is -0.550 e. The van der Waals surface area contributed by atoms with E-state index in [-0.39, 0.29) is 48.8 Å². The zero-order valence-electron chi connectivity index (χ0n) is 21.8. The van der Waals surface area contributed by atoms with Gasteiger partial charge in [-0.1, -0.05) is 0 Å². The van der Waals surface area contributed by atoms with Gasteiger partial charge in [-0.15, -0.1) is 0 Å². The summed E-state index contributed by atoms with van der Waals surface area (Å²) in [5.74, 6) is -6.06. The molecule has 4 unspecified atom stereocenters. The summed E-state index contributed by atoms with van der Waals surface area (Å²) >= 11 is 0. The van der Waals surface area contributed by atoms with Gasteiger partial charge in [0, 0.05) is 37.1 Å². The molecule has 0 fully saturated rings. The van der Waals surface area contributed by atoms with Gasteiger partial charge in [0.15, 0.2) is 0 Å². The summed E-state index contributed by atoms with van der Waals surface area (Å²) in [7, 11) is 0. The maximum absolute atomic E-state index is 12.8. The van der Waals surface area contributed by atoms with Gasteiger partial charge in [0.05, 0.1) is 6.33 Å². The summed E-state index contributed by atoms with van der Waals surface area (Å²) in [6, 6.07) is -5.56. The number of rotatable bonds is 18. The molecule has 5 amide bonds. The van der Waals surface area contributed by atoms with Crippen LogP contribution < -0.4 is 67.8 Å². The standard InChI is InChI=1S/C21H31N8O8.Na/c22-12(3-6-17(32)33)20(36)29-14(21(37)28-13(18(23)34)2-1-7-30)4-5-16(31)27-15(19(24)35)8-11-9-25-10-26-11;/h7,9-10,12-15,22H,1-6,8H2,(H2,23,34)(H2,24,35)(H,25,26)(H,27,31)(H,28,37)(H,29,36)(H,32,33);/q;+1/p-1/i7T;. The molecule has 0 saturated carbocycles. The van der Waals surface area contributed by atoms with Gasteiger partial charge in [0.25, 0.3) is 0 Å². The van der Waals surface area contributed by atoms with Crippen molar-refractivity contribution in [1.82, 2.24) is 31.7 Å². The van der Waals surface area contributed by atoms with Crippen LogP contribution in [0.25, 0.3) is 0 Å². The number of nitrogens with zero attached hydrogens (tertiary/aromatic N) is 1. The quantitative estimate of drug-likeness (QED) is 0.0750. The molecule has 4 atom stereocenters. The molecule has 0 bridgehead atoms. The summed E-state index contributed by atoms with van der Waals surface area (Å²) < 4.78 is 6.94. The number of imidazole rings is 1. The molecule has 1 rings (SSSR count). The van der Waals surface area contributed by atoms with Gasteiger partial charge in [-0.2, -0.15) is 0 Å². The fraction of sp³-hybridized carbons (Fsp3) is 0.524. The fourth-order valence-corrected chi connectivity index (χ4v) is 3.08. The maximum Gasteiger partial charge on any atom is 1.00 e. The van der Waals surface area contributed by atoms with Crippen LogP contribution in [0.3, 0.4) is 0 Å². The Kier molecular flexibility index (Phi) is 15.5. The van der Waals surface area contributed by atoms with Crippen LogP contribution in [0.4, 0.5) is 0 Å². The minimum absolute atomic E-state index is 0. The Morgan fingerprint density at radius 1 is 1.00 bits per heavy atom. The minimum atomic E-state index is -1.58. The summed E-state index contributed by atoms with van der Waals surface area (Å²) in [6.45, 7) is 0. The van der Waals surface area contributed by atoms with Gasteiger partial charge in [-0.3, -0.25) is 24.0 Å². The monoisotopic (exact) mass is 547 g/mol. The van der Waals surface area contributed by atoms with E-state index in [1.54, 1.807) is 0 Å². The van der Waals surface area contributed by atoms with Crippen molar-refractivity contribution < 1.29 is 69.6 Å². The van der Waals surface area contributed by atoms with E-state index in [0.717, 1.165) is 0 Å². The van der Waals surface area contributed by atoms with E-state index in [2.05, 4.69) is 25.9 Å².